The number of hydrogen-bond acceptors (Lipinski definition) is 6. The van der Waals surface area contributed by atoms with E-state index in [4.69, 9.17) is 18.9 Å². The van der Waals surface area contributed by atoms with Crippen LogP contribution >= 0.6 is 0 Å². The van der Waals surface area contributed by atoms with Crippen molar-refractivity contribution in [2.45, 2.75) is 214 Å². The number of aliphatic hydroxyl groups excluding tert-OH is 2. The zero-order valence-electron chi connectivity index (χ0n) is 33.4. The molecule has 0 bridgehead atoms. The van der Waals surface area contributed by atoms with Crippen LogP contribution in [0.25, 0.3) is 0 Å². The average molecular weight is 701 g/mol. The molecule has 0 amide bonds. The smallest absolute Gasteiger partial charge is 0.184 e. The monoisotopic (exact) mass is 701 g/mol. The highest BCUT2D eigenvalue weighted by Gasteiger charge is 2.64. The molecule has 13 atom stereocenters. The van der Waals surface area contributed by atoms with Crippen molar-refractivity contribution in [2.75, 3.05) is 6.61 Å². The third-order valence-electron chi connectivity index (χ3n) is 15.8. The SMILES string of the molecule is CCCCCCCC[C@]1([C@H](C)CCCC(C)C)CC[C@H]2[C@@H]3CC=C4C[C@@H](OC[C@H]5O[C@H](O)[C@H](O)[C@H]6OC(C)(C)O[C@H]65)CC[C@]4(C)[C@H]3CC[C@@]21C. The molecule has 0 aromatic rings. The van der Waals surface area contributed by atoms with E-state index in [9.17, 15) is 10.2 Å². The first-order chi connectivity index (χ1) is 23.7. The highest BCUT2D eigenvalue weighted by molar-refractivity contribution is 5.26. The van der Waals surface area contributed by atoms with Gasteiger partial charge in [0.05, 0.1) is 12.7 Å². The van der Waals surface area contributed by atoms with Crippen LogP contribution in [-0.2, 0) is 18.9 Å². The van der Waals surface area contributed by atoms with Gasteiger partial charge in [-0.25, -0.2) is 0 Å². The van der Waals surface area contributed by atoms with Crippen molar-refractivity contribution in [1.29, 1.82) is 0 Å². The average Bonchev–Trinajstić information content (AvgIpc) is 3.57. The van der Waals surface area contributed by atoms with Crippen molar-refractivity contribution in [3.63, 3.8) is 0 Å². The van der Waals surface area contributed by atoms with Gasteiger partial charge in [0.2, 0.25) is 0 Å². The molecule has 2 aliphatic heterocycles. The molecule has 0 radical (unpaired) electrons. The highest BCUT2D eigenvalue weighted by Crippen LogP contribution is 2.72. The van der Waals surface area contributed by atoms with Gasteiger partial charge in [-0.3, -0.25) is 0 Å². The zero-order valence-corrected chi connectivity index (χ0v) is 33.4. The summed E-state index contributed by atoms with van der Waals surface area (Å²) in [5, 5.41) is 20.9. The number of fused-ring (bicyclic) bond motifs is 6. The molecule has 0 aromatic heterocycles. The molecule has 3 saturated carbocycles. The van der Waals surface area contributed by atoms with Crippen LogP contribution in [0.5, 0.6) is 0 Å². The lowest BCUT2D eigenvalue weighted by atomic mass is 9.44. The molecule has 5 fully saturated rings. The summed E-state index contributed by atoms with van der Waals surface area (Å²) in [6.45, 7) is 19.2. The van der Waals surface area contributed by atoms with E-state index in [1.54, 1.807) is 5.57 Å². The van der Waals surface area contributed by atoms with Gasteiger partial charge >= 0.3 is 0 Å². The van der Waals surface area contributed by atoms with Crippen LogP contribution < -0.4 is 0 Å². The normalized spacial score (nSPS) is 44.3. The lowest BCUT2D eigenvalue weighted by Gasteiger charge is -2.61. The number of rotatable bonds is 15. The summed E-state index contributed by atoms with van der Waals surface area (Å²) >= 11 is 0. The van der Waals surface area contributed by atoms with Gasteiger partial charge in [0.15, 0.2) is 12.1 Å². The molecule has 6 nitrogen and oxygen atoms in total. The Bertz CT molecular complexity index is 1150. The van der Waals surface area contributed by atoms with E-state index in [0.29, 0.717) is 17.4 Å². The maximum Gasteiger partial charge on any atom is 0.184 e. The van der Waals surface area contributed by atoms with E-state index < -0.39 is 36.5 Å². The number of unbranched alkanes of at least 4 members (excludes halogenated alkanes) is 5. The molecule has 6 aliphatic rings. The van der Waals surface area contributed by atoms with Gasteiger partial charge < -0.3 is 29.2 Å². The minimum absolute atomic E-state index is 0.143. The molecular weight excluding hydrogens is 624 g/mol. The predicted molar refractivity (Wildman–Crippen MR) is 200 cm³/mol. The van der Waals surface area contributed by atoms with E-state index in [0.717, 1.165) is 42.4 Å². The van der Waals surface area contributed by atoms with Gasteiger partial charge in [-0.05, 0) is 117 Å². The Labute approximate surface area is 306 Å². The van der Waals surface area contributed by atoms with Crippen molar-refractivity contribution in [1.82, 2.24) is 0 Å². The van der Waals surface area contributed by atoms with Crippen LogP contribution in [0.3, 0.4) is 0 Å². The third kappa shape index (κ3) is 7.44. The van der Waals surface area contributed by atoms with Crippen molar-refractivity contribution >= 4 is 0 Å². The van der Waals surface area contributed by atoms with Crippen LogP contribution in [0.15, 0.2) is 11.6 Å². The molecule has 0 aromatic carbocycles. The first kappa shape index (κ1) is 39.2. The molecule has 4 aliphatic carbocycles. The Hall–Kier alpha value is -0.500. The summed E-state index contributed by atoms with van der Waals surface area (Å²) in [6, 6.07) is 0. The summed E-state index contributed by atoms with van der Waals surface area (Å²) in [4.78, 5) is 0. The second kappa shape index (κ2) is 15.7. The third-order valence-corrected chi connectivity index (χ3v) is 15.8. The van der Waals surface area contributed by atoms with E-state index in [-0.39, 0.29) is 11.5 Å². The molecule has 6 heteroatoms. The molecular formula is C44H76O6. The van der Waals surface area contributed by atoms with Crippen molar-refractivity contribution < 1.29 is 29.2 Å². The van der Waals surface area contributed by atoms with Gasteiger partial charge in [0, 0.05) is 0 Å². The lowest BCUT2D eigenvalue weighted by molar-refractivity contribution is -0.269. The Morgan fingerprint density at radius 2 is 1.56 bits per heavy atom. The van der Waals surface area contributed by atoms with Crippen LogP contribution in [0, 0.1) is 45.8 Å². The Morgan fingerprint density at radius 1 is 0.840 bits per heavy atom. The molecule has 2 saturated heterocycles. The van der Waals surface area contributed by atoms with Crippen LogP contribution in [0.1, 0.15) is 171 Å². The maximum absolute atomic E-state index is 10.5. The summed E-state index contributed by atoms with van der Waals surface area (Å²) in [7, 11) is 0. The fourth-order valence-electron chi connectivity index (χ4n) is 13.0. The number of allylic oxidation sites excluding steroid dienone is 1. The fourth-order valence-corrected chi connectivity index (χ4v) is 13.0. The van der Waals surface area contributed by atoms with E-state index in [1.807, 2.05) is 13.8 Å². The summed E-state index contributed by atoms with van der Waals surface area (Å²) in [5.74, 6) is 3.26. The van der Waals surface area contributed by atoms with Crippen molar-refractivity contribution in [3.8, 4) is 0 Å². The van der Waals surface area contributed by atoms with Crippen LogP contribution in [0.4, 0.5) is 0 Å². The zero-order chi connectivity index (χ0) is 35.9. The molecule has 0 spiro atoms. The van der Waals surface area contributed by atoms with Gasteiger partial charge in [-0.15, -0.1) is 0 Å². The Kier molecular flexibility index (Phi) is 12.3. The molecule has 2 heterocycles. The quantitative estimate of drug-likeness (QED) is 0.131. The van der Waals surface area contributed by atoms with Crippen molar-refractivity contribution in [2.24, 2.45) is 45.8 Å². The Morgan fingerprint density at radius 3 is 2.32 bits per heavy atom. The maximum atomic E-state index is 10.5. The first-order valence-corrected chi connectivity index (χ1v) is 21.4. The second-order valence-electron chi connectivity index (χ2n) is 19.5. The lowest BCUT2D eigenvalue weighted by Crippen LogP contribution is -2.57. The number of hydrogen-bond donors (Lipinski definition) is 2. The molecule has 288 valence electrons. The minimum atomic E-state index is -1.30. The number of aliphatic hydroxyl groups is 2. The van der Waals surface area contributed by atoms with Crippen LogP contribution in [0.2, 0.25) is 0 Å². The van der Waals surface area contributed by atoms with E-state index in [2.05, 4.69) is 47.6 Å². The van der Waals surface area contributed by atoms with Gasteiger partial charge in [-0.2, -0.15) is 0 Å². The Balaban J connectivity index is 1.12. The van der Waals surface area contributed by atoms with E-state index in [1.165, 1.54) is 103 Å². The molecule has 0 unspecified atom stereocenters. The summed E-state index contributed by atoms with van der Waals surface area (Å²) < 4.78 is 24.4. The summed E-state index contributed by atoms with van der Waals surface area (Å²) in [5.41, 5.74) is 2.88. The molecule has 2 N–H and O–H groups in total. The highest BCUT2D eigenvalue weighted by atomic mass is 16.8. The first-order valence-electron chi connectivity index (χ1n) is 21.4. The van der Waals surface area contributed by atoms with Crippen molar-refractivity contribution in [3.05, 3.63) is 11.6 Å². The largest absolute Gasteiger partial charge is 0.385 e. The molecule has 6 rings (SSSR count). The van der Waals surface area contributed by atoms with Gasteiger partial charge in [0.1, 0.15) is 24.4 Å². The fraction of sp³-hybridized carbons (Fsp3) is 0.955. The van der Waals surface area contributed by atoms with Crippen LogP contribution in [-0.4, -0.2) is 59.4 Å². The number of ether oxygens (including phenoxy) is 4. The van der Waals surface area contributed by atoms with E-state index >= 15 is 0 Å². The topological polar surface area (TPSA) is 77.4 Å². The molecule has 50 heavy (non-hydrogen) atoms. The summed E-state index contributed by atoms with van der Waals surface area (Å²) in [6.07, 6.45) is 23.1. The standard InChI is InChI=1S/C44H76O6/c1-9-10-11-12-13-14-23-44(30(4)17-15-16-29(2)3)26-22-35-33-19-18-31-27-32(20-24-42(31,7)34(33)21-25-43(35,44)8)47-28-36-38-39(37(45)40(46)48-36)50-41(5,6)49-38/h18,29-30,32-40,45-46H,9-17,19-28H2,1-8H3/t30-,32+,33-,34+,35+,36-,37-,38+,39-,40+,42+,43+,44-/m1/s1. The van der Waals surface area contributed by atoms with Gasteiger partial charge in [0.25, 0.3) is 0 Å². The predicted octanol–water partition coefficient (Wildman–Crippen LogP) is 10.1. The van der Waals surface area contributed by atoms with Gasteiger partial charge in [-0.1, -0.05) is 111 Å². The second-order valence-corrected chi connectivity index (χ2v) is 19.5. The minimum Gasteiger partial charge on any atom is -0.385 e.